The number of rotatable bonds is 3. The van der Waals surface area contributed by atoms with Crippen LogP contribution in [0.5, 0.6) is 0 Å². The van der Waals surface area contributed by atoms with Crippen molar-refractivity contribution in [3.8, 4) is 16.8 Å². The van der Waals surface area contributed by atoms with Gasteiger partial charge in [-0.3, -0.25) is 9.25 Å². The van der Waals surface area contributed by atoms with Gasteiger partial charge in [-0.15, -0.1) is 21.5 Å². The predicted octanol–water partition coefficient (Wildman–Crippen LogP) is 2.98. The lowest BCUT2D eigenvalue weighted by Gasteiger charge is -2.06. The molecule has 5 rings (SSSR count). The van der Waals surface area contributed by atoms with Crippen molar-refractivity contribution < 1.29 is 4.74 Å². The first-order chi connectivity index (χ1) is 14.7. The molecule has 1 aromatic carbocycles. The van der Waals surface area contributed by atoms with Gasteiger partial charge in [-0.05, 0) is 24.5 Å². The highest BCUT2D eigenvalue weighted by molar-refractivity contribution is 7.15. The molecule has 3 aromatic heterocycles. The Labute approximate surface area is 179 Å². The molecule has 0 atom stereocenters. The summed E-state index contributed by atoms with van der Waals surface area (Å²) >= 11 is 1.67. The van der Waals surface area contributed by atoms with E-state index in [1.165, 1.54) is 11.1 Å². The molecule has 0 saturated heterocycles. The van der Waals surface area contributed by atoms with Gasteiger partial charge < -0.3 is 4.74 Å². The molecule has 0 bridgehead atoms. The molecule has 30 heavy (non-hydrogen) atoms. The first kappa shape index (κ1) is 18.9. The van der Waals surface area contributed by atoms with Gasteiger partial charge in [0.2, 0.25) is 0 Å². The Bertz CT molecular complexity index is 1260. The highest BCUT2D eigenvalue weighted by Crippen LogP contribution is 2.36. The van der Waals surface area contributed by atoms with E-state index < -0.39 is 0 Å². The summed E-state index contributed by atoms with van der Waals surface area (Å²) in [5, 5.41) is 13.8. The molecular formula is C22H18BN5OS. The van der Waals surface area contributed by atoms with E-state index in [9.17, 15) is 0 Å². The van der Waals surface area contributed by atoms with E-state index >= 15 is 0 Å². The van der Waals surface area contributed by atoms with Crippen LogP contribution in [-0.2, 0) is 30.8 Å². The topological polar surface area (TPSA) is 57.8 Å². The average Bonchev–Trinajstić information content (AvgIpc) is 3.43. The third-order valence-corrected chi connectivity index (χ3v) is 6.21. The number of thiophene rings is 1. The van der Waals surface area contributed by atoms with Gasteiger partial charge in [0, 0.05) is 18.2 Å². The fourth-order valence-corrected chi connectivity index (χ4v) is 4.82. The molecule has 0 spiro atoms. The third kappa shape index (κ3) is 3.47. The van der Waals surface area contributed by atoms with Crippen LogP contribution in [0.3, 0.4) is 0 Å². The van der Waals surface area contributed by atoms with Crippen LogP contribution in [0.2, 0.25) is 0 Å². The molecule has 0 unspecified atom stereocenters. The van der Waals surface area contributed by atoms with Crippen LogP contribution in [-0.4, -0.2) is 32.4 Å². The smallest absolute Gasteiger partial charge is 0.164 e. The first-order valence-electron chi connectivity index (χ1n) is 9.65. The van der Waals surface area contributed by atoms with Gasteiger partial charge in [-0.2, -0.15) is 5.10 Å². The van der Waals surface area contributed by atoms with Crippen molar-refractivity contribution in [3.05, 3.63) is 81.5 Å². The Morgan fingerprint density at radius 2 is 2.03 bits per heavy atom. The monoisotopic (exact) mass is 411 g/mol. The van der Waals surface area contributed by atoms with Gasteiger partial charge in [0.25, 0.3) is 0 Å². The summed E-state index contributed by atoms with van der Waals surface area (Å²) in [4.78, 5) is 1.02. The summed E-state index contributed by atoms with van der Waals surface area (Å²) in [7, 11) is 5.64. The zero-order chi connectivity index (χ0) is 20.5. The summed E-state index contributed by atoms with van der Waals surface area (Å²) in [5.41, 5.74) is 4.43. The van der Waals surface area contributed by atoms with E-state index in [1.54, 1.807) is 22.2 Å². The van der Waals surface area contributed by atoms with Crippen LogP contribution in [0.4, 0.5) is 0 Å². The zero-order valence-electron chi connectivity index (χ0n) is 16.5. The second kappa shape index (κ2) is 7.94. The molecule has 1 aliphatic heterocycles. The van der Waals surface area contributed by atoms with E-state index in [0.29, 0.717) is 19.7 Å². The standard InChI is InChI=1S/C22H18BN5OS/c1-15-25-26-21-13-29-12-19-18(9-16-5-3-2-4-6-16)20(30-22(19)28(15)21)8-7-17-10-24-27(11-17)14-23/h2-6,10-11H,9,12-14H2,1H3. The van der Waals surface area contributed by atoms with Crippen molar-refractivity contribution in [2.24, 2.45) is 0 Å². The normalized spacial score (nSPS) is 12.6. The molecule has 0 fully saturated rings. The van der Waals surface area contributed by atoms with Crippen LogP contribution >= 0.6 is 11.3 Å². The van der Waals surface area contributed by atoms with Gasteiger partial charge >= 0.3 is 0 Å². The first-order valence-corrected chi connectivity index (χ1v) is 10.5. The van der Waals surface area contributed by atoms with Crippen molar-refractivity contribution in [2.75, 3.05) is 0 Å². The molecule has 8 heteroatoms. The largest absolute Gasteiger partial charge is 0.369 e. The molecule has 1 aliphatic rings. The molecule has 4 heterocycles. The second-order valence-corrected chi connectivity index (χ2v) is 8.05. The van der Waals surface area contributed by atoms with Crippen LogP contribution in [0, 0.1) is 18.8 Å². The molecule has 2 radical (unpaired) electrons. The van der Waals surface area contributed by atoms with E-state index in [0.717, 1.165) is 39.1 Å². The Kier molecular flexibility index (Phi) is 4.99. The minimum absolute atomic E-state index is 0.335. The fourth-order valence-electron chi connectivity index (χ4n) is 3.57. The second-order valence-electron chi connectivity index (χ2n) is 7.05. The van der Waals surface area contributed by atoms with Gasteiger partial charge in [0.15, 0.2) is 5.82 Å². The lowest BCUT2D eigenvalue weighted by molar-refractivity contribution is 0.104. The van der Waals surface area contributed by atoms with Crippen LogP contribution in [0.25, 0.3) is 5.00 Å². The lowest BCUT2D eigenvalue weighted by Crippen LogP contribution is -2.00. The molecule has 0 saturated carbocycles. The van der Waals surface area contributed by atoms with Crippen molar-refractivity contribution >= 4 is 19.2 Å². The molecule has 146 valence electrons. The Morgan fingerprint density at radius 1 is 1.17 bits per heavy atom. The number of hydrogen-bond acceptors (Lipinski definition) is 5. The maximum atomic E-state index is 5.94. The fraction of sp³-hybridized carbons (Fsp3) is 0.227. The summed E-state index contributed by atoms with van der Waals surface area (Å²) in [6.07, 6.45) is 4.72. The third-order valence-electron chi connectivity index (χ3n) is 5.03. The quantitative estimate of drug-likeness (QED) is 0.384. The van der Waals surface area contributed by atoms with Gasteiger partial charge in [-0.1, -0.05) is 42.2 Å². The highest BCUT2D eigenvalue weighted by atomic mass is 32.1. The maximum Gasteiger partial charge on any atom is 0.164 e. The molecule has 0 aliphatic carbocycles. The summed E-state index contributed by atoms with van der Waals surface area (Å²) in [6.45, 7) is 2.95. The number of fused-ring (bicyclic) bond motifs is 3. The number of ether oxygens (including phenoxy) is 1. The Morgan fingerprint density at radius 3 is 2.83 bits per heavy atom. The SMILES string of the molecule is [B]Cn1cc(C#Cc2sc3c(c2Cc2ccccc2)COCc2nnc(C)n2-3)cn1. The Balaban J connectivity index is 1.64. The molecular weight excluding hydrogens is 393 g/mol. The zero-order valence-corrected chi connectivity index (χ0v) is 17.3. The summed E-state index contributed by atoms with van der Waals surface area (Å²) in [6, 6.07) is 10.4. The van der Waals surface area contributed by atoms with Crippen molar-refractivity contribution in [1.29, 1.82) is 0 Å². The summed E-state index contributed by atoms with van der Waals surface area (Å²) < 4.78 is 9.70. The minimum atomic E-state index is 0.335. The minimum Gasteiger partial charge on any atom is -0.369 e. The van der Waals surface area contributed by atoms with Gasteiger partial charge in [0.05, 0.1) is 31.1 Å². The van der Waals surface area contributed by atoms with Crippen molar-refractivity contribution in [3.63, 3.8) is 0 Å². The molecule has 6 nitrogen and oxygen atoms in total. The van der Waals surface area contributed by atoms with Crippen LogP contribution < -0.4 is 0 Å². The number of benzene rings is 1. The van der Waals surface area contributed by atoms with E-state index in [-0.39, 0.29) is 0 Å². The molecule has 0 amide bonds. The van der Waals surface area contributed by atoms with Gasteiger partial charge in [0.1, 0.15) is 17.4 Å². The van der Waals surface area contributed by atoms with Crippen molar-refractivity contribution in [1.82, 2.24) is 24.5 Å². The predicted molar refractivity (Wildman–Crippen MR) is 116 cm³/mol. The number of hydrogen-bond donors (Lipinski definition) is 0. The van der Waals surface area contributed by atoms with E-state index in [2.05, 4.69) is 56.0 Å². The van der Waals surface area contributed by atoms with E-state index in [1.807, 2.05) is 19.2 Å². The van der Waals surface area contributed by atoms with Crippen molar-refractivity contribution in [2.45, 2.75) is 33.0 Å². The number of nitrogens with zero attached hydrogens (tertiary/aromatic N) is 5. The molecule has 4 aromatic rings. The maximum absolute atomic E-state index is 5.94. The Hall–Kier alpha value is -3.15. The number of aryl methyl sites for hydroxylation is 1. The van der Waals surface area contributed by atoms with E-state index in [4.69, 9.17) is 12.6 Å². The van der Waals surface area contributed by atoms with Crippen LogP contribution in [0.15, 0.2) is 42.7 Å². The lowest BCUT2D eigenvalue weighted by atomic mass is 10.0. The van der Waals surface area contributed by atoms with Gasteiger partial charge in [-0.25, -0.2) is 0 Å². The molecule has 0 N–H and O–H groups in total. The highest BCUT2D eigenvalue weighted by Gasteiger charge is 2.25. The van der Waals surface area contributed by atoms with Crippen LogP contribution in [0.1, 0.15) is 38.8 Å². The average molecular weight is 411 g/mol. The number of aromatic nitrogens is 5. The summed E-state index contributed by atoms with van der Waals surface area (Å²) in [5.74, 6) is 8.29.